The minimum Gasteiger partial charge on any atom is -0.460 e. The summed E-state index contributed by atoms with van der Waals surface area (Å²) < 4.78 is 5.82. The molecule has 4 bridgehead atoms. The van der Waals surface area contributed by atoms with E-state index in [-0.39, 0.29) is 18.0 Å². The van der Waals surface area contributed by atoms with E-state index in [9.17, 15) is 4.79 Å². The van der Waals surface area contributed by atoms with E-state index >= 15 is 0 Å². The van der Waals surface area contributed by atoms with E-state index in [4.69, 9.17) is 16.3 Å². The molecule has 6 rings (SSSR count). The molecule has 0 atom stereocenters. The van der Waals surface area contributed by atoms with Gasteiger partial charge in [-0.2, -0.15) is 0 Å². The lowest BCUT2D eigenvalue weighted by molar-refractivity contribution is -0.172. The van der Waals surface area contributed by atoms with Crippen LogP contribution in [0.2, 0.25) is 5.15 Å². The van der Waals surface area contributed by atoms with E-state index in [1.54, 1.807) is 11.8 Å². The topological polar surface area (TPSA) is 39.2 Å². The van der Waals surface area contributed by atoms with Crippen LogP contribution in [0.4, 0.5) is 0 Å². The number of esters is 1. The molecule has 0 amide bonds. The molecule has 2 aromatic rings. The van der Waals surface area contributed by atoms with Gasteiger partial charge in [0, 0.05) is 15.8 Å². The van der Waals surface area contributed by atoms with Crippen LogP contribution in [0, 0.1) is 23.2 Å². The molecule has 0 radical (unpaired) electrons. The molecule has 4 saturated carbocycles. The molecular weight excluding hydrogens is 378 g/mol. The maximum absolute atomic E-state index is 13.0. The second-order valence-electron chi connectivity index (χ2n) is 8.77. The Morgan fingerprint density at radius 3 is 2.48 bits per heavy atom. The second kappa shape index (κ2) is 6.66. The third-order valence-corrected chi connectivity index (χ3v) is 7.93. The SMILES string of the molecule is CSc1ccc2cc(COC(=O)C34CC5CC(CC(C5)C3)C4)c(Cl)nc2c1. The van der Waals surface area contributed by atoms with Gasteiger partial charge in [0.2, 0.25) is 0 Å². The molecule has 1 heterocycles. The van der Waals surface area contributed by atoms with Crippen LogP contribution in [0.5, 0.6) is 0 Å². The Bertz CT molecular complexity index is 877. The summed E-state index contributed by atoms with van der Waals surface area (Å²) in [6.45, 7) is 0.215. The lowest BCUT2D eigenvalue weighted by Crippen LogP contribution is -2.50. The average molecular weight is 402 g/mol. The first-order chi connectivity index (χ1) is 13.0. The van der Waals surface area contributed by atoms with Crippen molar-refractivity contribution in [2.45, 2.75) is 50.0 Å². The van der Waals surface area contributed by atoms with Crippen LogP contribution in [-0.4, -0.2) is 17.2 Å². The highest BCUT2D eigenvalue weighted by Gasteiger charge is 2.55. The quantitative estimate of drug-likeness (QED) is 0.365. The number of thioether (sulfide) groups is 1. The predicted octanol–water partition coefficient (Wildman–Crippen LogP) is 5.87. The second-order valence-corrected chi connectivity index (χ2v) is 10.0. The van der Waals surface area contributed by atoms with Crippen molar-refractivity contribution in [3.8, 4) is 0 Å². The molecule has 27 heavy (non-hydrogen) atoms. The number of nitrogens with zero attached hydrogens (tertiary/aromatic N) is 1. The van der Waals surface area contributed by atoms with Gasteiger partial charge in [-0.1, -0.05) is 17.7 Å². The Morgan fingerprint density at radius 1 is 1.19 bits per heavy atom. The molecule has 4 aliphatic carbocycles. The van der Waals surface area contributed by atoms with Crippen molar-refractivity contribution in [1.82, 2.24) is 4.98 Å². The molecular formula is C22H24ClNO2S. The summed E-state index contributed by atoms with van der Waals surface area (Å²) in [5.74, 6) is 2.21. The van der Waals surface area contributed by atoms with Crippen LogP contribution in [0.3, 0.4) is 0 Å². The van der Waals surface area contributed by atoms with Crippen molar-refractivity contribution < 1.29 is 9.53 Å². The van der Waals surface area contributed by atoms with Gasteiger partial charge in [0.05, 0.1) is 10.9 Å². The molecule has 5 heteroatoms. The first kappa shape index (κ1) is 17.8. The first-order valence-electron chi connectivity index (χ1n) is 9.85. The van der Waals surface area contributed by atoms with Gasteiger partial charge >= 0.3 is 5.97 Å². The number of aromatic nitrogens is 1. The zero-order valence-electron chi connectivity index (χ0n) is 15.5. The summed E-state index contributed by atoms with van der Waals surface area (Å²) in [5.41, 5.74) is 1.45. The van der Waals surface area contributed by atoms with Gasteiger partial charge in [-0.05, 0) is 80.7 Å². The maximum Gasteiger partial charge on any atom is 0.312 e. The van der Waals surface area contributed by atoms with Crippen LogP contribution >= 0.6 is 23.4 Å². The summed E-state index contributed by atoms with van der Waals surface area (Å²) in [6.07, 6.45) is 9.10. The number of fused-ring (bicyclic) bond motifs is 1. The monoisotopic (exact) mass is 401 g/mol. The Labute approximate surface area is 169 Å². The third-order valence-electron chi connectivity index (χ3n) is 6.88. The van der Waals surface area contributed by atoms with E-state index in [0.717, 1.165) is 58.4 Å². The molecule has 0 spiro atoms. The molecule has 0 N–H and O–H groups in total. The molecule has 0 aliphatic heterocycles. The highest BCUT2D eigenvalue weighted by atomic mass is 35.5. The Balaban J connectivity index is 1.34. The smallest absolute Gasteiger partial charge is 0.312 e. The lowest BCUT2D eigenvalue weighted by atomic mass is 9.49. The Hall–Kier alpha value is -1.26. The van der Waals surface area contributed by atoms with Gasteiger partial charge in [-0.25, -0.2) is 4.98 Å². The summed E-state index contributed by atoms with van der Waals surface area (Å²) in [4.78, 5) is 18.7. The number of pyridine rings is 1. The average Bonchev–Trinajstić information content (AvgIpc) is 2.64. The van der Waals surface area contributed by atoms with E-state index in [2.05, 4.69) is 17.1 Å². The lowest BCUT2D eigenvalue weighted by Gasteiger charge is -2.55. The zero-order chi connectivity index (χ0) is 18.6. The highest BCUT2D eigenvalue weighted by molar-refractivity contribution is 7.98. The normalized spacial score (nSPS) is 31.4. The van der Waals surface area contributed by atoms with Crippen molar-refractivity contribution >= 4 is 40.2 Å². The standard InChI is InChI=1S/C22H24ClNO2S/c1-27-18-3-2-16-7-17(20(23)24-19(16)8-18)12-26-21(25)22-9-13-4-14(10-22)6-15(5-13)11-22/h2-3,7-8,13-15H,4-6,9-12H2,1H3. The Kier molecular flexibility index (Phi) is 4.40. The maximum atomic E-state index is 13.0. The van der Waals surface area contributed by atoms with Crippen molar-refractivity contribution in [3.63, 3.8) is 0 Å². The number of hydrogen-bond donors (Lipinski definition) is 0. The number of hydrogen-bond acceptors (Lipinski definition) is 4. The van der Waals surface area contributed by atoms with E-state index in [1.165, 1.54) is 19.3 Å². The molecule has 0 saturated heterocycles. The van der Waals surface area contributed by atoms with Crippen molar-refractivity contribution in [3.05, 3.63) is 35.0 Å². The molecule has 142 valence electrons. The van der Waals surface area contributed by atoms with Crippen LogP contribution < -0.4 is 0 Å². The first-order valence-corrected chi connectivity index (χ1v) is 11.5. The fourth-order valence-corrected chi connectivity index (χ4v) is 6.69. The van der Waals surface area contributed by atoms with E-state index in [0.29, 0.717) is 5.15 Å². The zero-order valence-corrected chi connectivity index (χ0v) is 17.1. The fraction of sp³-hybridized carbons (Fsp3) is 0.545. The van der Waals surface area contributed by atoms with Crippen LogP contribution in [-0.2, 0) is 16.1 Å². The van der Waals surface area contributed by atoms with Gasteiger partial charge in [-0.3, -0.25) is 4.79 Å². The van der Waals surface area contributed by atoms with Gasteiger partial charge < -0.3 is 4.74 Å². The van der Waals surface area contributed by atoms with Crippen molar-refractivity contribution in [2.75, 3.05) is 6.26 Å². The number of carbonyl (C=O) groups excluding carboxylic acids is 1. The molecule has 1 aromatic carbocycles. The predicted molar refractivity (Wildman–Crippen MR) is 109 cm³/mol. The molecule has 4 fully saturated rings. The van der Waals surface area contributed by atoms with Crippen LogP contribution in [0.1, 0.15) is 44.1 Å². The molecule has 1 aromatic heterocycles. The van der Waals surface area contributed by atoms with E-state index < -0.39 is 0 Å². The largest absolute Gasteiger partial charge is 0.460 e. The molecule has 0 unspecified atom stereocenters. The summed E-state index contributed by atoms with van der Waals surface area (Å²) in [7, 11) is 0. The Morgan fingerprint density at radius 2 is 1.85 bits per heavy atom. The number of halogens is 1. The van der Waals surface area contributed by atoms with Crippen LogP contribution in [0.25, 0.3) is 10.9 Å². The van der Waals surface area contributed by atoms with Gasteiger partial charge in [0.25, 0.3) is 0 Å². The van der Waals surface area contributed by atoms with Crippen molar-refractivity contribution in [1.29, 1.82) is 0 Å². The number of benzene rings is 1. The van der Waals surface area contributed by atoms with E-state index in [1.807, 2.05) is 18.4 Å². The molecule has 3 nitrogen and oxygen atoms in total. The van der Waals surface area contributed by atoms with Crippen molar-refractivity contribution in [2.24, 2.45) is 23.2 Å². The molecule has 4 aliphatic rings. The van der Waals surface area contributed by atoms with Gasteiger partial charge in [-0.15, -0.1) is 11.8 Å². The number of carbonyl (C=O) groups is 1. The fourth-order valence-electron chi connectivity index (χ4n) is 6.05. The summed E-state index contributed by atoms with van der Waals surface area (Å²) >= 11 is 8.07. The van der Waals surface area contributed by atoms with Crippen LogP contribution in [0.15, 0.2) is 29.2 Å². The van der Waals surface area contributed by atoms with Gasteiger partial charge in [0.15, 0.2) is 0 Å². The van der Waals surface area contributed by atoms with Gasteiger partial charge in [0.1, 0.15) is 11.8 Å². The highest BCUT2D eigenvalue weighted by Crippen LogP contribution is 2.60. The summed E-state index contributed by atoms with van der Waals surface area (Å²) in [5, 5.41) is 1.46. The summed E-state index contributed by atoms with van der Waals surface area (Å²) in [6, 6.07) is 8.17. The number of rotatable bonds is 4. The number of ether oxygens (including phenoxy) is 1. The minimum absolute atomic E-state index is 0.00417. The minimum atomic E-state index is -0.223. The third kappa shape index (κ3) is 3.15.